The molecule has 0 saturated carbocycles. The van der Waals surface area contributed by atoms with Crippen molar-refractivity contribution in [3.63, 3.8) is 0 Å². The van der Waals surface area contributed by atoms with Gasteiger partial charge in [-0.15, -0.1) is 0 Å². The van der Waals surface area contributed by atoms with Crippen LogP contribution in [0.3, 0.4) is 0 Å². The lowest BCUT2D eigenvalue weighted by atomic mass is 10.00. The number of hydrogen-bond acceptors (Lipinski definition) is 5. The number of pyridine rings is 1. The lowest BCUT2D eigenvalue weighted by Gasteiger charge is -2.34. The highest BCUT2D eigenvalue weighted by atomic mass is 35.5. The van der Waals surface area contributed by atoms with Crippen LogP contribution in [0, 0.1) is 13.8 Å². The average Bonchev–Trinajstić information content (AvgIpc) is 3.05. The SMILES string of the molecule is Cc1nn(-c2ccccc2)c(C)c1C1C(=O)NCCN1CC(=O)Nc1cccnc1Cl. The predicted molar refractivity (Wildman–Crippen MR) is 118 cm³/mol. The maximum atomic E-state index is 12.9. The van der Waals surface area contributed by atoms with Crippen molar-refractivity contribution in [3.05, 3.63) is 70.8 Å². The molecule has 3 aromatic rings. The minimum atomic E-state index is -0.610. The number of piperazine rings is 1. The van der Waals surface area contributed by atoms with Gasteiger partial charge in [-0.3, -0.25) is 14.5 Å². The molecular formula is C22H23ClN6O2. The van der Waals surface area contributed by atoms with Crippen molar-refractivity contribution in [1.29, 1.82) is 0 Å². The maximum absolute atomic E-state index is 12.9. The van der Waals surface area contributed by atoms with Gasteiger partial charge in [-0.25, -0.2) is 9.67 Å². The van der Waals surface area contributed by atoms with Gasteiger partial charge in [0.1, 0.15) is 6.04 Å². The molecule has 9 heteroatoms. The molecule has 2 aromatic heterocycles. The highest BCUT2D eigenvalue weighted by molar-refractivity contribution is 6.32. The molecule has 1 aromatic carbocycles. The topological polar surface area (TPSA) is 92.2 Å². The molecule has 3 heterocycles. The fourth-order valence-corrected chi connectivity index (χ4v) is 4.09. The highest BCUT2D eigenvalue weighted by Crippen LogP contribution is 2.30. The monoisotopic (exact) mass is 438 g/mol. The zero-order valence-corrected chi connectivity index (χ0v) is 18.1. The Morgan fingerprint density at radius 3 is 2.74 bits per heavy atom. The number of rotatable bonds is 5. The van der Waals surface area contributed by atoms with E-state index in [1.807, 2.05) is 53.8 Å². The van der Waals surface area contributed by atoms with Gasteiger partial charge in [0.2, 0.25) is 11.8 Å². The zero-order valence-electron chi connectivity index (χ0n) is 17.3. The van der Waals surface area contributed by atoms with Gasteiger partial charge in [-0.05, 0) is 38.1 Å². The number of carbonyl (C=O) groups is 2. The first-order valence-electron chi connectivity index (χ1n) is 9.99. The summed E-state index contributed by atoms with van der Waals surface area (Å²) in [6.45, 7) is 4.88. The van der Waals surface area contributed by atoms with Crippen molar-refractivity contribution in [3.8, 4) is 5.69 Å². The lowest BCUT2D eigenvalue weighted by Crippen LogP contribution is -2.52. The van der Waals surface area contributed by atoms with E-state index < -0.39 is 6.04 Å². The number of carbonyl (C=O) groups excluding carboxylic acids is 2. The second-order valence-electron chi connectivity index (χ2n) is 7.39. The number of anilines is 1. The normalized spacial score (nSPS) is 16.7. The van der Waals surface area contributed by atoms with Crippen LogP contribution in [0.2, 0.25) is 5.15 Å². The van der Waals surface area contributed by atoms with Crippen LogP contribution in [0.25, 0.3) is 5.69 Å². The van der Waals surface area contributed by atoms with Crippen LogP contribution < -0.4 is 10.6 Å². The minimum absolute atomic E-state index is 0.0404. The number of aryl methyl sites for hydroxylation is 1. The number of amides is 2. The molecule has 2 N–H and O–H groups in total. The van der Waals surface area contributed by atoms with Crippen molar-refractivity contribution < 1.29 is 9.59 Å². The van der Waals surface area contributed by atoms with Crippen molar-refractivity contribution in [2.24, 2.45) is 0 Å². The average molecular weight is 439 g/mol. The van der Waals surface area contributed by atoms with E-state index in [2.05, 4.69) is 20.7 Å². The Balaban J connectivity index is 1.61. The molecule has 1 atom stereocenters. The molecule has 0 radical (unpaired) electrons. The number of benzene rings is 1. The van der Waals surface area contributed by atoms with Gasteiger partial charge in [0.05, 0.1) is 23.6 Å². The summed E-state index contributed by atoms with van der Waals surface area (Å²) in [6.07, 6.45) is 1.55. The summed E-state index contributed by atoms with van der Waals surface area (Å²) in [5.74, 6) is -0.405. The van der Waals surface area contributed by atoms with Gasteiger partial charge in [-0.2, -0.15) is 5.10 Å². The highest BCUT2D eigenvalue weighted by Gasteiger charge is 2.36. The van der Waals surface area contributed by atoms with Crippen LogP contribution in [0.5, 0.6) is 0 Å². The van der Waals surface area contributed by atoms with Gasteiger partial charge in [0.15, 0.2) is 5.15 Å². The van der Waals surface area contributed by atoms with Crippen LogP contribution in [-0.2, 0) is 9.59 Å². The largest absolute Gasteiger partial charge is 0.353 e. The van der Waals surface area contributed by atoms with E-state index in [4.69, 9.17) is 11.6 Å². The summed E-state index contributed by atoms with van der Waals surface area (Å²) >= 11 is 6.05. The van der Waals surface area contributed by atoms with E-state index in [1.165, 1.54) is 0 Å². The predicted octanol–water partition coefficient (Wildman–Crippen LogP) is 2.65. The molecule has 160 valence electrons. The quantitative estimate of drug-likeness (QED) is 0.597. The van der Waals surface area contributed by atoms with E-state index in [0.29, 0.717) is 18.8 Å². The summed E-state index contributed by atoms with van der Waals surface area (Å²) < 4.78 is 1.83. The summed E-state index contributed by atoms with van der Waals surface area (Å²) in [6, 6.07) is 12.5. The number of aromatic nitrogens is 3. The van der Waals surface area contributed by atoms with Gasteiger partial charge in [-0.1, -0.05) is 29.8 Å². The van der Waals surface area contributed by atoms with Gasteiger partial charge >= 0.3 is 0 Å². The van der Waals surface area contributed by atoms with Crippen molar-refractivity contribution >= 4 is 29.1 Å². The van der Waals surface area contributed by atoms with Crippen molar-refractivity contribution in [1.82, 2.24) is 25.0 Å². The molecule has 0 aliphatic carbocycles. The van der Waals surface area contributed by atoms with Crippen LogP contribution in [0.4, 0.5) is 5.69 Å². The standard InChI is InChI=1S/C22H23ClN6O2/c1-14-19(15(2)29(27-14)16-7-4-3-5-8-16)20-22(31)25-11-12-28(20)13-18(30)26-17-9-6-10-24-21(17)23/h3-10,20H,11-13H2,1-2H3,(H,25,31)(H,26,30). The first-order chi connectivity index (χ1) is 15.0. The molecule has 1 unspecified atom stereocenters. The Kier molecular flexibility index (Phi) is 6.01. The number of para-hydroxylation sites is 1. The smallest absolute Gasteiger partial charge is 0.242 e. The molecule has 1 saturated heterocycles. The van der Waals surface area contributed by atoms with E-state index in [9.17, 15) is 9.59 Å². The first-order valence-corrected chi connectivity index (χ1v) is 10.4. The number of nitrogens with one attached hydrogen (secondary N) is 2. The third kappa shape index (κ3) is 4.30. The van der Waals surface area contributed by atoms with E-state index in [0.717, 1.165) is 22.6 Å². The molecule has 0 bridgehead atoms. The maximum Gasteiger partial charge on any atom is 0.242 e. The molecular weight excluding hydrogens is 416 g/mol. The van der Waals surface area contributed by atoms with Gasteiger partial charge in [0.25, 0.3) is 0 Å². The Morgan fingerprint density at radius 2 is 2.00 bits per heavy atom. The minimum Gasteiger partial charge on any atom is -0.353 e. The van der Waals surface area contributed by atoms with Crippen molar-refractivity contribution in [2.75, 3.05) is 25.0 Å². The molecule has 8 nitrogen and oxygen atoms in total. The van der Waals surface area contributed by atoms with Gasteiger partial charge < -0.3 is 10.6 Å². The van der Waals surface area contributed by atoms with E-state index in [-0.39, 0.29) is 23.5 Å². The summed E-state index contributed by atoms with van der Waals surface area (Å²) in [4.78, 5) is 31.5. The number of halogens is 1. The fourth-order valence-electron chi connectivity index (χ4n) is 3.92. The molecule has 1 aliphatic rings. The van der Waals surface area contributed by atoms with E-state index in [1.54, 1.807) is 18.3 Å². The van der Waals surface area contributed by atoms with Crippen LogP contribution in [0.1, 0.15) is 23.0 Å². The van der Waals surface area contributed by atoms with Crippen molar-refractivity contribution in [2.45, 2.75) is 19.9 Å². The molecule has 2 amide bonds. The fraction of sp³-hybridized carbons (Fsp3) is 0.273. The second-order valence-corrected chi connectivity index (χ2v) is 7.74. The van der Waals surface area contributed by atoms with Gasteiger partial charge in [0, 0.05) is 30.5 Å². The third-order valence-electron chi connectivity index (χ3n) is 5.31. The molecule has 4 rings (SSSR count). The lowest BCUT2D eigenvalue weighted by molar-refractivity contribution is -0.130. The number of hydrogen-bond donors (Lipinski definition) is 2. The zero-order chi connectivity index (χ0) is 22.0. The van der Waals surface area contributed by atoms with Crippen LogP contribution in [-0.4, -0.2) is 51.1 Å². The Labute approximate surface area is 185 Å². The van der Waals surface area contributed by atoms with Crippen LogP contribution in [0.15, 0.2) is 48.7 Å². The molecule has 0 spiro atoms. The first kappa shape index (κ1) is 21.0. The van der Waals surface area contributed by atoms with Crippen LogP contribution >= 0.6 is 11.6 Å². The molecule has 31 heavy (non-hydrogen) atoms. The molecule has 1 aliphatic heterocycles. The summed E-state index contributed by atoms with van der Waals surface area (Å²) in [5.41, 5.74) is 3.79. The van der Waals surface area contributed by atoms with E-state index >= 15 is 0 Å². The Morgan fingerprint density at radius 1 is 1.23 bits per heavy atom. The third-order valence-corrected chi connectivity index (χ3v) is 5.61. The summed E-state index contributed by atoms with van der Waals surface area (Å²) in [7, 11) is 0. The number of nitrogens with zero attached hydrogens (tertiary/aromatic N) is 4. The Bertz CT molecular complexity index is 1110. The Hall–Kier alpha value is -3.23. The molecule has 1 fully saturated rings. The summed E-state index contributed by atoms with van der Waals surface area (Å²) in [5, 5.41) is 10.6. The second kappa shape index (κ2) is 8.87.